The fourth-order valence-corrected chi connectivity index (χ4v) is 3.17. The van der Waals surface area contributed by atoms with E-state index in [4.69, 9.17) is 4.74 Å². The van der Waals surface area contributed by atoms with E-state index >= 15 is 0 Å². The van der Waals surface area contributed by atoms with Crippen molar-refractivity contribution in [2.24, 2.45) is 4.99 Å². The lowest BCUT2D eigenvalue weighted by Crippen LogP contribution is -2.44. The Balaban J connectivity index is 0.00000300. The third-order valence-electron chi connectivity index (χ3n) is 4.55. The Morgan fingerprint density at radius 2 is 2.14 bits per heavy atom. The summed E-state index contributed by atoms with van der Waals surface area (Å²) in [5.41, 5.74) is 0.749. The van der Waals surface area contributed by atoms with Gasteiger partial charge in [0.05, 0.1) is 13.7 Å². The molecule has 2 heterocycles. The van der Waals surface area contributed by atoms with Crippen molar-refractivity contribution in [1.29, 1.82) is 0 Å². The molecule has 6 nitrogen and oxygen atoms in total. The lowest BCUT2D eigenvalue weighted by molar-refractivity contribution is 0.386. The number of hydrogen-bond acceptors (Lipinski definition) is 4. The van der Waals surface area contributed by atoms with Crippen LogP contribution in [0.1, 0.15) is 18.9 Å². The lowest BCUT2D eigenvalue weighted by Gasteiger charge is -2.20. The fraction of sp³-hybridized carbons (Fsp3) is 0.400. The van der Waals surface area contributed by atoms with E-state index in [0.29, 0.717) is 38.0 Å². The topological polar surface area (TPSA) is 61.8 Å². The zero-order valence-corrected chi connectivity index (χ0v) is 18.8. The van der Waals surface area contributed by atoms with Crippen LogP contribution >= 0.6 is 24.0 Å². The van der Waals surface area contributed by atoms with E-state index in [0.717, 1.165) is 12.0 Å². The molecule has 1 aromatic carbocycles. The number of hydrogen-bond donors (Lipinski definition) is 2. The summed E-state index contributed by atoms with van der Waals surface area (Å²) >= 11 is 0. The van der Waals surface area contributed by atoms with Crippen molar-refractivity contribution in [1.82, 2.24) is 15.6 Å². The standard InChI is InChI=1S/C20H25F2N5O.HI/c1-3-23-20(25-12-14-6-7-18(28-2)17(22)11-14)26-15-8-10-27(13-15)19-16(21)5-4-9-24-19;/h4-7,9,11,15H,3,8,10,12-13H2,1-2H3,(H2,23,25,26);1H. The van der Waals surface area contributed by atoms with Gasteiger partial charge in [0.1, 0.15) is 0 Å². The summed E-state index contributed by atoms with van der Waals surface area (Å²) in [6.07, 6.45) is 2.44. The van der Waals surface area contributed by atoms with Gasteiger partial charge >= 0.3 is 0 Å². The fourth-order valence-electron chi connectivity index (χ4n) is 3.17. The molecular weight excluding hydrogens is 491 g/mol. The molecule has 0 bridgehead atoms. The largest absolute Gasteiger partial charge is 0.494 e. The summed E-state index contributed by atoms with van der Waals surface area (Å²) in [6.45, 7) is 4.37. The summed E-state index contributed by atoms with van der Waals surface area (Å²) in [6, 6.07) is 7.93. The number of guanidine groups is 1. The van der Waals surface area contributed by atoms with Crippen LogP contribution < -0.4 is 20.3 Å². The van der Waals surface area contributed by atoms with Crippen LogP contribution in [-0.4, -0.2) is 43.7 Å². The Bertz CT molecular complexity index is 836. The Labute approximate surface area is 186 Å². The zero-order valence-electron chi connectivity index (χ0n) is 16.5. The summed E-state index contributed by atoms with van der Waals surface area (Å²) in [7, 11) is 1.44. The summed E-state index contributed by atoms with van der Waals surface area (Å²) < 4.78 is 32.7. The molecule has 0 spiro atoms. The van der Waals surface area contributed by atoms with Crippen molar-refractivity contribution in [3.8, 4) is 5.75 Å². The maximum absolute atomic E-state index is 13.9. The maximum atomic E-state index is 13.9. The first kappa shape index (κ1) is 23.1. The smallest absolute Gasteiger partial charge is 0.191 e. The summed E-state index contributed by atoms with van der Waals surface area (Å²) in [5, 5.41) is 6.57. The molecule has 29 heavy (non-hydrogen) atoms. The molecule has 1 fully saturated rings. The average molecular weight is 517 g/mol. The van der Waals surface area contributed by atoms with Crippen LogP contribution in [0.3, 0.4) is 0 Å². The number of aromatic nitrogens is 1. The van der Waals surface area contributed by atoms with Gasteiger partial charge < -0.3 is 20.3 Å². The molecule has 0 aliphatic carbocycles. The van der Waals surface area contributed by atoms with Crippen LogP contribution in [0.5, 0.6) is 5.75 Å². The van der Waals surface area contributed by atoms with Gasteiger partial charge in [0.25, 0.3) is 0 Å². The predicted octanol–water partition coefficient (Wildman–Crippen LogP) is 3.32. The first-order valence-electron chi connectivity index (χ1n) is 9.33. The van der Waals surface area contributed by atoms with E-state index in [-0.39, 0.29) is 41.6 Å². The average Bonchev–Trinajstić information content (AvgIpc) is 3.15. The van der Waals surface area contributed by atoms with Gasteiger partial charge in [-0.3, -0.25) is 0 Å². The molecule has 9 heteroatoms. The highest BCUT2D eigenvalue weighted by Gasteiger charge is 2.25. The van der Waals surface area contributed by atoms with E-state index in [2.05, 4.69) is 20.6 Å². The number of benzene rings is 1. The van der Waals surface area contributed by atoms with Crippen molar-refractivity contribution in [3.63, 3.8) is 0 Å². The number of anilines is 1. The molecule has 1 aliphatic rings. The van der Waals surface area contributed by atoms with E-state index in [1.165, 1.54) is 19.2 Å². The number of halogens is 3. The van der Waals surface area contributed by atoms with Crippen molar-refractivity contribution in [2.45, 2.75) is 25.9 Å². The van der Waals surface area contributed by atoms with Gasteiger partial charge in [-0.2, -0.15) is 0 Å². The molecular formula is C20H26F2IN5O. The number of methoxy groups -OCH3 is 1. The normalized spacial score (nSPS) is 16.3. The zero-order chi connectivity index (χ0) is 19.9. The number of nitrogens with one attached hydrogen (secondary N) is 2. The second-order valence-electron chi connectivity index (χ2n) is 6.55. The lowest BCUT2D eigenvalue weighted by atomic mass is 10.2. The number of aliphatic imine (C=N–C) groups is 1. The third-order valence-corrected chi connectivity index (χ3v) is 4.55. The van der Waals surface area contributed by atoms with Crippen molar-refractivity contribution >= 4 is 35.8 Å². The monoisotopic (exact) mass is 517 g/mol. The molecule has 2 aromatic rings. The summed E-state index contributed by atoms with van der Waals surface area (Å²) in [4.78, 5) is 10.6. The maximum Gasteiger partial charge on any atom is 0.191 e. The highest BCUT2D eigenvalue weighted by molar-refractivity contribution is 14.0. The Morgan fingerprint density at radius 1 is 1.31 bits per heavy atom. The number of ether oxygens (including phenoxy) is 1. The van der Waals surface area contributed by atoms with Gasteiger partial charge in [-0.05, 0) is 43.2 Å². The third kappa shape index (κ3) is 6.15. The molecule has 3 rings (SSSR count). The Kier molecular flexibility index (Phi) is 8.87. The molecule has 2 N–H and O–H groups in total. The van der Waals surface area contributed by atoms with Crippen molar-refractivity contribution in [2.75, 3.05) is 31.6 Å². The van der Waals surface area contributed by atoms with E-state index in [1.807, 2.05) is 11.8 Å². The first-order valence-corrected chi connectivity index (χ1v) is 9.33. The second kappa shape index (κ2) is 11.1. The van der Waals surface area contributed by atoms with E-state index < -0.39 is 5.82 Å². The van der Waals surface area contributed by atoms with Crippen molar-refractivity contribution < 1.29 is 13.5 Å². The summed E-state index contributed by atoms with van der Waals surface area (Å²) in [5.74, 6) is 0.516. The van der Waals surface area contributed by atoms with Gasteiger partial charge in [0.15, 0.2) is 29.2 Å². The van der Waals surface area contributed by atoms with Crippen LogP contribution in [-0.2, 0) is 6.54 Å². The highest BCUT2D eigenvalue weighted by Crippen LogP contribution is 2.21. The van der Waals surface area contributed by atoms with Gasteiger partial charge in [-0.1, -0.05) is 6.07 Å². The highest BCUT2D eigenvalue weighted by atomic mass is 127. The minimum atomic E-state index is -0.406. The minimum absolute atomic E-state index is 0. The predicted molar refractivity (Wildman–Crippen MR) is 121 cm³/mol. The molecule has 0 amide bonds. The van der Waals surface area contributed by atoms with Crippen LogP contribution in [0, 0.1) is 11.6 Å². The van der Waals surface area contributed by atoms with Crippen LogP contribution in [0.15, 0.2) is 41.5 Å². The van der Waals surface area contributed by atoms with Crippen molar-refractivity contribution in [3.05, 3.63) is 53.7 Å². The first-order chi connectivity index (χ1) is 13.6. The number of rotatable bonds is 6. The molecule has 1 atom stereocenters. The molecule has 1 unspecified atom stereocenters. The number of pyridine rings is 1. The van der Waals surface area contributed by atoms with Gasteiger partial charge in [-0.15, -0.1) is 24.0 Å². The molecule has 0 saturated carbocycles. The van der Waals surface area contributed by atoms with Gasteiger partial charge in [0.2, 0.25) is 0 Å². The Morgan fingerprint density at radius 3 is 2.83 bits per heavy atom. The second-order valence-corrected chi connectivity index (χ2v) is 6.55. The SMILES string of the molecule is CCNC(=NCc1ccc(OC)c(F)c1)NC1CCN(c2ncccc2F)C1.I. The van der Waals surface area contributed by atoms with Crippen LogP contribution in [0.4, 0.5) is 14.6 Å². The van der Waals surface area contributed by atoms with Crippen LogP contribution in [0.2, 0.25) is 0 Å². The van der Waals surface area contributed by atoms with E-state index in [9.17, 15) is 8.78 Å². The Hall–Kier alpha value is -2.17. The van der Waals surface area contributed by atoms with E-state index in [1.54, 1.807) is 24.4 Å². The van der Waals surface area contributed by atoms with Gasteiger partial charge in [-0.25, -0.2) is 18.8 Å². The molecule has 0 radical (unpaired) electrons. The minimum Gasteiger partial charge on any atom is -0.494 e. The van der Waals surface area contributed by atoms with Gasteiger partial charge in [0, 0.05) is 31.9 Å². The quantitative estimate of drug-likeness (QED) is 0.350. The molecule has 1 saturated heterocycles. The molecule has 1 aromatic heterocycles. The van der Waals surface area contributed by atoms with Crippen LogP contribution in [0.25, 0.3) is 0 Å². The number of nitrogens with zero attached hydrogens (tertiary/aromatic N) is 3. The molecule has 158 valence electrons. The molecule has 1 aliphatic heterocycles.